The summed E-state index contributed by atoms with van der Waals surface area (Å²) < 4.78 is 11.9. The monoisotopic (exact) mass is 340 g/mol. The van der Waals surface area contributed by atoms with E-state index in [1.165, 1.54) is 25.7 Å². The summed E-state index contributed by atoms with van der Waals surface area (Å²) in [5.41, 5.74) is 14.4. The maximum atomic E-state index is 6.08. The topological polar surface area (TPSA) is 70.5 Å². The first-order valence-corrected chi connectivity index (χ1v) is 9.08. The van der Waals surface area contributed by atoms with Crippen molar-refractivity contribution in [2.45, 2.75) is 32.6 Å². The van der Waals surface area contributed by atoms with Gasteiger partial charge in [-0.3, -0.25) is 0 Å². The number of para-hydroxylation sites is 1. The van der Waals surface area contributed by atoms with Gasteiger partial charge in [-0.2, -0.15) is 0 Å². The smallest absolute Gasteiger partial charge is 0.142 e. The minimum Gasteiger partial charge on any atom is -0.493 e. The number of hydrogen-bond donors (Lipinski definition) is 2. The molecule has 0 radical (unpaired) electrons. The summed E-state index contributed by atoms with van der Waals surface area (Å²) in [7, 11) is 0. The molecule has 0 heterocycles. The van der Waals surface area contributed by atoms with Crippen LogP contribution >= 0.6 is 0 Å². The van der Waals surface area contributed by atoms with Gasteiger partial charge < -0.3 is 20.9 Å². The van der Waals surface area contributed by atoms with E-state index in [9.17, 15) is 0 Å². The SMILES string of the molecule is Cc1cccc(OCC2CCC(COc3cccc(N)c3)CC2)c1N. The standard InChI is InChI=1S/C21H28N2O2/c1-15-4-2-7-20(21(15)23)25-14-17-10-8-16(9-11-17)13-24-19-6-3-5-18(22)12-19/h2-7,12,16-17H,8-11,13-14,22-23H2,1H3. The molecule has 0 atom stereocenters. The highest BCUT2D eigenvalue weighted by molar-refractivity contribution is 5.57. The molecule has 0 aliphatic heterocycles. The molecule has 0 aromatic heterocycles. The molecule has 2 aromatic rings. The van der Waals surface area contributed by atoms with Gasteiger partial charge in [0, 0.05) is 11.8 Å². The van der Waals surface area contributed by atoms with Crippen LogP contribution in [-0.4, -0.2) is 13.2 Å². The van der Waals surface area contributed by atoms with Crippen molar-refractivity contribution in [3.8, 4) is 11.5 Å². The molecule has 0 amide bonds. The third-order valence-corrected chi connectivity index (χ3v) is 5.07. The molecule has 1 fully saturated rings. The predicted octanol–water partition coefficient (Wildman–Crippen LogP) is 4.42. The summed E-state index contributed by atoms with van der Waals surface area (Å²) in [4.78, 5) is 0. The predicted molar refractivity (Wildman–Crippen MR) is 103 cm³/mol. The van der Waals surface area contributed by atoms with Crippen LogP contribution in [0.2, 0.25) is 0 Å². The van der Waals surface area contributed by atoms with Gasteiger partial charge in [-0.25, -0.2) is 0 Å². The van der Waals surface area contributed by atoms with Gasteiger partial charge in [-0.15, -0.1) is 0 Å². The highest BCUT2D eigenvalue weighted by Crippen LogP contribution is 2.31. The second-order valence-electron chi connectivity index (χ2n) is 7.07. The Kier molecular flexibility index (Phi) is 5.69. The summed E-state index contributed by atoms with van der Waals surface area (Å²) in [6.45, 7) is 3.52. The molecular weight excluding hydrogens is 312 g/mol. The first-order chi connectivity index (χ1) is 12.1. The minimum atomic E-state index is 0.600. The van der Waals surface area contributed by atoms with Crippen LogP contribution in [0, 0.1) is 18.8 Å². The fourth-order valence-corrected chi connectivity index (χ4v) is 3.37. The first-order valence-electron chi connectivity index (χ1n) is 9.08. The zero-order chi connectivity index (χ0) is 17.6. The van der Waals surface area contributed by atoms with Gasteiger partial charge in [0.05, 0.1) is 18.9 Å². The highest BCUT2D eigenvalue weighted by atomic mass is 16.5. The quantitative estimate of drug-likeness (QED) is 0.764. The lowest BCUT2D eigenvalue weighted by Crippen LogP contribution is -2.23. The highest BCUT2D eigenvalue weighted by Gasteiger charge is 2.22. The number of anilines is 2. The number of nitrogens with two attached hydrogens (primary N) is 2. The number of nitrogen functional groups attached to an aromatic ring is 2. The largest absolute Gasteiger partial charge is 0.493 e. The molecule has 4 nitrogen and oxygen atoms in total. The van der Waals surface area contributed by atoms with Crippen molar-refractivity contribution in [1.82, 2.24) is 0 Å². The van der Waals surface area contributed by atoms with E-state index < -0.39 is 0 Å². The van der Waals surface area contributed by atoms with Gasteiger partial charge in [0.1, 0.15) is 11.5 Å². The van der Waals surface area contributed by atoms with E-state index in [-0.39, 0.29) is 0 Å². The normalized spacial score (nSPS) is 20.2. The van der Waals surface area contributed by atoms with E-state index in [0.717, 1.165) is 41.7 Å². The number of ether oxygens (including phenoxy) is 2. The zero-order valence-electron chi connectivity index (χ0n) is 14.9. The molecule has 1 aliphatic carbocycles. The van der Waals surface area contributed by atoms with Crippen LogP contribution in [0.4, 0.5) is 11.4 Å². The van der Waals surface area contributed by atoms with Gasteiger partial charge in [-0.05, 0) is 68.2 Å². The van der Waals surface area contributed by atoms with E-state index in [0.29, 0.717) is 11.8 Å². The Morgan fingerprint density at radius 3 is 2.20 bits per heavy atom. The average molecular weight is 340 g/mol. The Bertz CT molecular complexity index is 694. The second kappa shape index (κ2) is 8.15. The minimum absolute atomic E-state index is 0.600. The van der Waals surface area contributed by atoms with E-state index in [1.54, 1.807) is 0 Å². The fraction of sp³-hybridized carbons (Fsp3) is 0.429. The van der Waals surface area contributed by atoms with E-state index >= 15 is 0 Å². The van der Waals surface area contributed by atoms with Crippen molar-refractivity contribution in [3.63, 3.8) is 0 Å². The molecule has 4 heteroatoms. The molecule has 0 saturated heterocycles. The van der Waals surface area contributed by atoms with E-state index in [4.69, 9.17) is 20.9 Å². The van der Waals surface area contributed by atoms with Gasteiger partial charge >= 0.3 is 0 Å². The number of benzene rings is 2. The number of hydrogen-bond acceptors (Lipinski definition) is 4. The zero-order valence-corrected chi connectivity index (χ0v) is 14.9. The Labute approximate surface area is 150 Å². The van der Waals surface area contributed by atoms with Crippen LogP contribution in [0.25, 0.3) is 0 Å². The molecule has 0 bridgehead atoms. The molecule has 134 valence electrons. The van der Waals surface area contributed by atoms with Crippen molar-refractivity contribution in [2.75, 3.05) is 24.7 Å². The van der Waals surface area contributed by atoms with Crippen LogP contribution in [-0.2, 0) is 0 Å². The second-order valence-corrected chi connectivity index (χ2v) is 7.07. The van der Waals surface area contributed by atoms with E-state index in [2.05, 4.69) is 0 Å². The molecule has 1 saturated carbocycles. The van der Waals surface area contributed by atoms with Gasteiger partial charge in [0.2, 0.25) is 0 Å². The van der Waals surface area contributed by atoms with Gasteiger partial charge in [0.25, 0.3) is 0 Å². The Morgan fingerprint density at radius 1 is 0.880 bits per heavy atom. The van der Waals surface area contributed by atoms with Crippen LogP contribution in [0.1, 0.15) is 31.2 Å². The summed E-state index contributed by atoms with van der Waals surface area (Å²) in [6.07, 6.45) is 4.71. The molecule has 2 aromatic carbocycles. The molecule has 0 spiro atoms. The van der Waals surface area contributed by atoms with Crippen LogP contribution < -0.4 is 20.9 Å². The summed E-state index contributed by atoms with van der Waals surface area (Å²) in [6, 6.07) is 13.6. The Morgan fingerprint density at radius 2 is 1.52 bits per heavy atom. The summed E-state index contributed by atoms with van der Waals surface area (Å²) >= 11 is 0. The lowest BCUT2D eigenvalue weighted by molar-refractivity contribution is 0.148. The Hall–Kier alpha value is -2.36. The van der Waals surface area contributed by atoms with Crippen LogP contribution in [0.15, 0.2) is 42.5 Å². The maximum absolute atomic E-state index is 6.08. The first kappa shape index (κ1) is 17.5. The van der Waals surface area contributed by atoms with Crippen molar-refractivity contribution < 1.29 is 9.47 Å². The van der Waals surface area contributed by atoms with Gasteiger partial charge in [0.15, 0.2) is 0 Å². The van der Waals surface area contributed by atoms with Crippen molar-refractivity contribution >= 4 is 11.4 Å². The summed E-state index contributed by atoms with van der Waals surface area (Å²) in [5, 5.41) is 0. The van der Waals surface area contributed by atoms with Crippen LogP contribution in [0.5, 0.6) is 11.5 Å². The van der Waals surface area contributed by atoms with E-state index in [1.807, 2.05) is 49.4 Å². The third kappa shape index (κ3) is 4.81. The summed E-state index contributed by atoms with van der Waals surface area (Å²) in [5.74, 6) is 2.89. The molecule has 4 N–H and O–H groups in total. The average Bonchev–Trinajstić information content (AvgIpc) is 2.62. The van der Waals surface area contributed by atoms with Crippen molar-refractivity contribution in [2.24, 2.45) is 11.8 Å². The third-order valence-electron chi connectivity index (χ3n) is 5.07. The van der Waals surface area contributed by atoms with Crippen molar-refractivity contribution in [1.29, 1.82) is 0 Å². The molecule has 1 aliphatic rings. The van der Waals surface area contributed by atoms with Crippen molar-refractivity contribution in [3.05, 3.63) is 48.0 Å². The van der Waals surface area contributed by atoms with Crippen LogP contribution in [0.3, 0.4) is 0 Å². The maximum Gasteiger partial charge on any atom is 0.142 e. The Balaban J connectivity index is 1.40. The van der Waals surface area contributed by atoms with Gasteiger partial charge in [-0.1, -0.05) is 18.2 Å². The lowest BCUT2D eigenvalue weighted by atomic mass is 9.83. The molecular formula is C21H28N2O2. The molecule has 3 rings (SSSR count). The number of aryl methyl sites for hydroxylation is 1. The fourth-order valence-electron chi connectivity index (χ4n) is 3.37. The number of rotatable bonds is 6. The molecule has 25 heavy (non-hydrogen) atoms. The lowest BCUT2D eigenvalue weighted by Gasteiger charge is -2.28. The molecule has 0 unspecified atom stereocenters.